The van der Waals surface area contributed by atoms with Crippen molar-refractivity contribution in [3.05, 3.63) is 12.7 Å². The van der Waals surface area contributed by atoms with Gasteiger partial charge < -0.3 is 9.74 Å². The summed E-state index contributed by atoms with van der Waals surface area (Å²) in [5, 5.41) is 3.22. The Labute approximate surface area is 125 Å². The molecule has 1 rings (SSSR count). The normalized spacial score (nSPS) is 24.4. The van der Waals surface area contributed by atoms with Crippen LogP contribution in [0.4, 0.5) is 0 Å². The molecule has 0 aromatic carbocycles. The van der Waals surface area contributed by atoms with E-state index >= 15 is 0 Å². The largest absolute Gasteiger partial charge is 0.417 e. The molecule has 1 saturated heterocycles. The Morgan fingerprint density at radius 3 is 2.60 bits per heavy atom. The molecule has 3 nitrogen and oxygen atoms in total. The lowest BCUT2D eigenvalue weighted by molar-refractivity contribution is -0.134. The average Bonchev–Trinajstić information content (AvgIpc) is 2.31. The summed E-state index contributed by atoms with van der Waals surface area (Å²) in [5.41, 5.74) is -0.289. The number of amides is 1. The molecule has 20 heavy (non-hydrogen) atoms. The Balaban J connectivity index is 2.65. The standard InChI is InChI=1S/C16H31NO2Si/c1-7-9-16(10-8-12-17-14(16)18)11-13-19-20(5,6)15(2,3)4/h7H,1,8-13H2,2-6H3,(H,17,18)/t16-/m1/s1. The van der Waals surface area contributed by atoms with Crippen molar-refractivity contribution in [1.29, 1.82) is 0 Å². The van der Waals surface area contributed by atoms with Crippen LogP contribution in [-0.2, 0) is 9.22 Å². The second-order valence-corrected chi connectivity index (χ2v) is 12.3. The first kappa shape index (κ1) is 17.4. The van der Waals surface area contributed by atoms with E-state index in [0.29, 0.717) is 6.61 Å². The first-order chi connectivity index (χ1) is 9.15. The van der Waals surface area contributed by atoms with Gasteiger partial charge in [0.1, 0.15) is 0 Å². The second-order valence-electron chi connectivity index (χ2n) is 7.49. The molecule has 1 amide bonds. The van der Waals surface area contributed by atoms with Crippen molar-refractivity contribution in [2.45, 2.75) is 64.6 Å². The predicted molar refractivity (Wildman–Crippen MR) is 87.3 cm³/mol. The number of carbonyl (C=O) groups is 1. The summed E-state index contributed by atoms with van der Waals surface area (Å²) >= 11 is 0. The Morgan fingerprint density at radius 1 is 1.45 bits per heavy atom. The van der Waals surface area contributed by atoms with E-state index in [1.165, 1.54) is 0 Å². The average molecular weight is 298 g/mol. The number of rotatable bonds is 6. The van der Waals surface area contributed by atoms with E-state index in [2.05, 4.69) is 45.8 Å². The van der Waals surface area contributed by atoms with Gasteiger partial charge in [-0.25, -0.2) is 0 Å². The van der Waals surface area contributed by atoms with Gasteiger partial charge in [-0.1, -0.05) is 26.8 Å². The van der Waals surface area contributed by atoms with Gasteiger partial charge in [-0.2, -0.15) is 0 Å². The molecular formula is C16H31NO2Si. The van der Waals surface area contributed by atoms with Gasteiger partial charge in [0.25, 0.3) is 0 Å². The third-order valence-corrected chi connectivity index (χ3v) is 9.52. The van der Waals surface area contributed by atoms with Crippen LogP contribution in [0.25, 0.3) is 0 Å². The first-order valence-electron chi connectivity index (χ1n) is 7.68. The molecule has 0 unspecified atom stereocenters. The summed E-state index contributed by atoms with van der Waals surface area (Å²) in [6.45, 7) is 16.5. The molecule has 0 saturated carbocycles. The van der Waals surface area contributed by atoms with E-state index < -0.39 is 8.32 Å². The van der Waals surface area contributed by atoms with Crippen molar-refractivity contribution in [3.63, 3.8) is 0 Å². The lowest BCUT2D eigenvalue weighted by Gasteiger charge is -2.39. The molecule has 0 spiro atoms. The van der Waals surface area contributed by atoms with Gasteiger partial charge >= 0.3 is 0 Å². The maximum Gasteiger partial charge on any atom is 0.226 e. The van der Waals surface area contributed by atoms with Crippen LogP contribution < -0.4 is 5.32 Å². The summed E-state index contributed by atoms with van der Waals surface area (Å²) in [6.07, 6.45) is 5.43. The highest BCUT2D eigenvalue weighted by Crippen LogP contribution is 2.39. The smallest absolute Gasteiger partial charge is 0.226 e. The van der Waals surface area contributed by atoms with Crippen LogP contribution in [-0.4, -0.2) is 27.4 Å². The number of hydrogen-bond acceptors (Lipinski definition) is 2. The summed E-state index contributed by atoms with van der Waals surface area (Å²) in [6, 6.07) is 0. The molecular weight excluding hydrogens is 266 g/mol. The third kappa shape index (κ3) is 3.95. The van der Waals surface area contributed by atoms with Gasteiger partial charge in [0.05, 0.1) is 5.41 Å². The molecule has 1 atom stereocenters. The van der Waals surface area contributed by atoms with Crippen LogP contribution in [0, 0.1) is 5.41 Å². The monoisotopic (exact) mass is 297 g/mol. The maximum atomic E-state index is 12.3. The number of piperidine rings is 1. The van der Waals surface area contributed by atoms with Crippen molar-refractivity contribution in [2.24, 2.45) is 5.41 Å². The minimum atomic E-state index is -1.72. The van der Waals surface area contributed by atoms with Crippen molar-refractivity contribution in [2.75, 3.05) is 13.2 Å². The lowest BCUT2D eigenvalue weighted by Crippen LogP contribution is -2.47. The zero-order chi connectivity index (χ0) is 15.4. The maximum absolute atomic E-state index is 12.3. The van der Waals surface area contributed by atoms with E-state index in [4.69, 9.17) is 4.43 Å². The number of hydrogen-bond donors (Lipinski definition) is 1. The van der Waals surface area contributed by atoms with Crippen LogP contribution in [0.2, 0.25) is 18.1 Å². The fraction of sp³-hybridized carbons (Fsp3) is 0.812. The highest BCUT2D eigenvalue weighted by Gasteiger charge is 2.41. The molecule has 0 bridgehead atoms. The van der Waals surface area contributed by atoms with Crippen molar-refractivity contribution in [3.8, 4) is 0 Å². The van der Waals surface area contributed by atoms with Gasteiger partial charge in [0.15, 0.2) is 8.32 Å². The van der Waals surface area contributed by atoms with Gasteiger partial charge in [0, 0.05) is 13.2 Å². The molecule has 1 fully saturated rings. The Bertz CT molecular complexity index is 360. The Hall–Kier alpha value is -0.613. The Morgan fingerprint density at radius 2 is 2.10 bits per heavy atom. The van der Waals surface area contributed by atoms with Crippen LogP contribution in [0.1, 0.15) is 46.5 Å². The molecule has 0 radical (unpaired) electrons. The fourth-order valence-corrected chi connectivity index (χ4v) is 3.50. The Kier molecular flexibility index (Phi) is 5.61. The van der Waals surface area contributed by atoms with Gasteiger partial charge in [-0.05, 0) is 43.8 Å². The van der Waals surface area contributed by atoms with E-state index in [1.54, 1.807) is 0 Å². The van der Waals surface area contributed by atoms with Gasteiger partial charge in [-0.3, -0.25) is 4.79 Å². The topological polar surface area (TPSA) is 38.3 Å². The van der Waals surface area contributed by atoms with Crippen LogP contribution >= 0.6 is 0 Å². The number of carbonyl (C=O) groups excluding carboxylic acids is 1. The first-order valence-corrected chi connectivity index (χ1v) is 10.6. The molecule has 1 aliphatic rings. The summed E-state index contributed by atoms with van der Waals surface area (Å²) in [7, 11) is -1.72. The number of allylic oxidation sites excluding steroid dienone is 1. The van der Waals surface area contributed by atoms with E-state index in [1.807, 2.05) is 6.08 Å². The van der Waals surface area contributed by atoms with Crippen molar-refractivity contribution >= 4 is 14.2 Å². The highest BCUT2D eigenvalue weighted by molar-refractivity contribution is 6.74. The van der Waals surface area contributed by atoms with E-state index in [9.17, 15) is 4.79 Å². The predicted octanol–water partition coefficient (Wildman–Crippen LogP) is 3.87. The van der Waals surface area contributed by atoms with Gasteiger partial charge in [-0.15, -0.1) is 6.58 Å². The molecule has 0 aromatic heterocycles. The molecule has 4 heteroatoms. The minimum absolute atomic E-state index is 0.183. The molecule has 0 aliphatic carbocycles. The summed E-state index contributed by atoms with van der Waals surface area (Å²) in [5.74, 6) is 0.183. The highest BCUT2D eigenvalue weighted by atomic mass is 28.4. The van der Waals surface area contributed by atoms with Gasteiger partial charge in [0.2, 0.25) is 5.91 Å². The summed E-state index contributed by atoms with van der Waals surface area (Å²) in [4.78, 5) is 12.3. The molecule has 1 heterocycles. The SMILES string of the molecule is C=CC[C@]1(CCO[Si](C)(C)C(C)(C)C)CCCNC1=O. The van der Waals surface area contributed by atoms with Crippen LogP contribution in [0.5, 0.6) is 0 Å². The molecule has 1 aliphatic heterocycles. The zero-order valence-electron chi connectivity index (χ0n) is 13.8. The third-order valence-electron chi connectivity index (χ3n) is 4.98. The van der Waals surface area contributed by atoms with Crippen molar-refractivity contribution < 1.29 is 9.22 Å². The van der Waals surface area contributed by atoms with Crippen molar-refractivity contribution in [1.82, 2.24) is 5.32 Å². The summed E-state index contributed by atoms with van der Waals surface area (Å²) < 4.78 is 6.24. The van der Waals surface area contributed by atoms with Crippen LogP contribution in [0.3, 0.4) is 0 Å². The molecule has 116 valence electrons. The van der Waals surface area contributed by atoms with E-state index in [0.717, 1.165) is 32.2 Å². The minimum Gasteiger partial charge on any atom is -0.417 e. The molecule has 0 aromatic rings. The quantitative estimate of drug-likeness (QED) is 0.597. The fourth-order valence-electron chi connectivity index (χ4n) is 2.46. The van der Waals surface area contributed by atoms with Crippen LogP contribution in [0.15, 0.2) is 12.7 Å². The number of nitrogens with one attached hydrogen (secondary N) is 1. The lowest BCUT2D eigenvalue weighted by atomic mass is 9.74. The van der Waals surface area contributed by atoms with E-state index in [-0.39, 0.29) is 16.4 Å². The molecule has 1 N–H and O–H groups in total. The second kappa shape index (κ2) is 6.44. The zero-order valence-corrected chi connectivity index (χ0v) is 14.8.